The van der Waals surface area contributed by atoms with Gasteiger partial charge < -0.3 is 9.47 Å². The van der Waals surface area contributed by atoms with Crippen LogP contribution in [-0.4, -0.2) is 36.2 Å². The van der Waals surface area contributed by atoms with Crippen molar-refractivity contribution in [3.8, 4) is 5.75 Å². The van der Waals surface area contributed by atoms with Crippen molar-refractivity contribution in [2.75, 3.05) is 19.7 Å². The minimum Gasteiger partial charge on any atom is -0.493 e. The van der Waals surface area contributed by atoms with Crippen LogP contribution in [0.5, 0.6) is 5.75 Å². The zero-order valence-corrected chi connectivity index (χ0v) is 18.4. The summed E-state index contributed by atoms with van der Waals surface area (Å²) in [6.45, 7) is 10.7. The minimum atomic E-state index is -0.665. The van der Waals surface area contributed by atoms with Crippen molar-refractivity contribution in [2.45, 2.75) is 52.7 Å². The number of halogens is 1. The molecule has 162 valence electrons. The maximum atomic E-state index is 14.5. The molecule has 0 aliphatic carbocycles. The number of nitrogens with zero attached hydrogens (tertiary/aromatic N) is 1. The number of hydrogen-bond acceptors (Lipinski definition) is 4. The fourth-order valence-electron chi connectivity index (χ4n) is 3.67. The number of benzene rings is 2. The van der Waals surface area contributed by atoms with Crippen molar-refractivity contribution < 1.29 is 18.7 Å². The van der Waals surface area contributed by atoms with Gasteiger partial charge in [-0.2, -0.15) is 0 Å². The summed E-state index contributed by atoms with van der Waals surface area (Å²) in [5.74, 6) is -0.320. The first-order valence-corrected chi connectivity index (χ1v) is 10.6. The number of aryl methyl sites for hydroxylation is 1. The van der Waals surface area contributed by atoms with Crippen molar-refractivity contribution >= 4 is 5.97 Å². The van der Waals surface area contributed by atoms with E-state index in [0.717, 1.165) is 38.0 Å². The number of rotatable bonds is 6. The number of carbonyl (C=O) groups is 1. The third-order valence-electron chi connectivity index (χ3n) is 5.31. The van der Waals surface area contributed by atoms with Gasteiger partial charge in [0.25, 0.3) is 0 Å². The van der Waals surface area contributed by atoms with Gasteiger partial charge in [0.15, 0.2) is 0 Å². The van der Waals surface area contributed by atoms with Crippen LogP contribution in [0.1, 0.15) is 55.1 Å². The number of piperidine rings is 1. The van der Waals surface area contributed by atoms with Crippen molar-refractivity contribution in [3.63, 3.8) is 0 Å². The molecule has 2 aromatic carbocycles. The number of esters is 1. The standard InChI is InChI=1S/C25H32FNO3/c1-18-14-21(24(28)30-25(2,3)4)22(26)15-23(18)29-17-20-10-12-27(13-11-20)16-19-8-6-5-7-9-19/h5-9,14-15,20H,10-13,16-17H2,1-4H3. The topological polar surface area (TPSA) is 38.8 Å². The molecule has 0 aromatic heterocycles. The molecule has 30 heavy (non-hydrogen) atoms. The average molecular weight is 414 g/mol. The first-order valence-electron chi connectivity index (χ1n) is 10.6. The van der Waals surface area contributed by atoms with Crippen molar-refractivity contribution in [1.29, 1.82) is 0 Å². The van der Waals surface area contributed by atoms with Crippen LogP contribution < -0.4 is 4.74 Å². The predicted octanol–water partition coefficient (Wildman–Crippen LogP) is 5.38. The van der Waals surface area contributed by atoms with Gasteiger partial charge in [0.05, 0.1) is 12.2 Å². The van der Waals surface area contributed by atoms with E-state index in [1.165, 1.54) is 17.7 Å². The molecule has 0 radical (unpaired) electrons. The van der Waals surface area contributed by atoms with Crippen molar-refractivity contribution in [2.24, 2.45) is 5.92 Å². The average Bonchev–Trinajstić information content (AvgIpc) is 2.69. The summed E-state index contributed by atoms with van der Waals surface area (Å²) in [6, 6.07) is 13.3. The molecule has 4 nitrogen and oxygen atoms in total. The van der Waals surface area contributed by atoms with Gasteiger partial charge >= 0.3 is 5.97 Å². The van der Waals surface area contributed by atoms with Gasteiger partial charge in [-0.15, -0.1) is 0 Å². The van der Waals surface area contributed by atoms with Gasteiger partial charge in [0.1, 0.15) is 17.2 Å². The predicted molar refractivity (Wildman–Crippen MR) is 116 cm³/mol. The van der Waals surface area contributed by atoms with E-state index >= 15 is 0 Å². The van der Waals surface area contributed by atoms with Gasteiger partial charge in [-0.3, -0.25) is 4.90 Å². The molecule has 0 unspecified atom stereocenters. The SMILES string of the molecule is Cc1cc(C(=O)OC(C)(C)C)c(F)cc1OCC1CCN(Cc2ccccc2)CC1. The van der Waals surface area contributed by atoms with Crippen LogP contribution in [0.4, 0.5) is 4.39 Å². The second-order valence-electron chi connectivity index (χ2n) is 9.12. The van der Waals surface area contributed by atoms with E-state index in [9.17, 15) is 9.18 Å². The molecule has 1 aliphatic heterocycles. The monoisotopic (exact) mass is 413 g/mol. The molecule has 0 bridgehead atoms. The molecular formula is C25H32FNO3. The quantitative estimate of drug-likeness (QED) is 0.596. The van der Waals surface area contributed by atoms with E-state index < -0.39 is 17.4 Å². The fraction of sp³-hybridized carbons (Fsp3) is 0.480. The Bertz CT molecular complexity index is 853. The Hall–Kier alpha value is -2.40. The molecule has 5 heteroatoms. The lowest BCUT2D eigenvalue weighted by molar-refractivity contribution is 0.00645. The molecule has 0 amide bonds. The van der Waals surface area contributed by atoms with E-state index in [0.29, 0.717) is 18.3 Å². The number of carbonyl (C=O) groups excluding carboxylic acids is 1. The zero-order chi connectivity index (χ0) is 21.7. The maximum absolute atomic E-state index is 14.5. The van der Waals surface area contributed by atoms with Crippen LogP contribution in [0.3, 0.4) is 0 Å². The second kappa shape index (κ2) is 9.61. The van der Waals surface area contributed by atoms with E-state index in [1.54, 1.807) is 20.8 Å². The lowest BCUT2D eigenvalue weighted by atomic mass is 9.97. The fourth-order valence-corrected chi connectivity index (χ4v) is 3.67. The molecule has 1 saturated heterocycles. The lowest BCUT2D eigenvalue weighted by Crippen LogP contribution is -2.35. The van der Waals surface area contributed by atoms with Gasteiger partial charge in [-0.1, -0.05) is 30.3 Å². The Balaban J connectivity index is 1.51. The molecule has 1 aliphatic rings. The summed E-state index contributed by atoms with van der Waals surface area (Å²) in [4.78, 5) is 14.7. The number of ether oxygens (including phenoxy) is 2. The Morgan fingerprint density at radius 1 is 1.13 bits per heavy atom. The molecule has 0 N–H and O–H groups in total. The van der Waals surface area contributed by atoms with E-state index in [-0.39, 0.29) is 5.56 Å². The van der Waals surface area contributed by atoms with Crippen LogP contribution in [0.2, 0.25) is 0 Å². The summed E-state index contributed by atoms with van der Waals surface area (Å²) >= 11 is 0. The van der Waals surface area contributed by atoms with Gasteiger partial charge in [-0.25, -0.2) is 9.18 Å². The van der Waals surface area contributed by atoms with Crippen LogP contribution >= 0.6 is 0 Å². The summed E-state index contributed by atoms with van der Waals surface area (Å²) < 4.78 is 25.7. The van der Waals surface area contributed by atoms with Crippen molar-refractivity contribution in [3.05, 3.63) is 65.0 Å². The Kier molecular flexibility index (Phi) is 7.14. The molecule has 1 fully saturated rings. The molecule has 3 rings (SSSR count). The van der Waals surface area contributed by atoms with Crippen LogP contribution in [0, 0.1) is 18.7 Å². The Labute approximate surface area is 179 Å². The summed E-state index contributed by atoms with van der Waals surface area (Å²) in [6.07, 6.45) is 2.12. The van der Waals surface area contributed by atoms with Crippen molar-refractivity contribution in [1.82, 2.24) is 4.90 Å². The highest BCUT2D eigenvalue weighted by molar-refractivity contribution is 5.90. The molecule has 0 saturated carbocycles. The molecule has 0 spiro atoms. The lowest BCUT2D eigenvalue weighted by Gasteiger charge is -2.32. The third kappa shape index (κ3) is 6.30. The Morgan fingerprint density at radius 3 is 2.43 bits per heavy atom. The summed E-state index contributed by atoms with van der Waals surface area (Å²) in [5, 5.41) is 0. The molecule has 2 aromatic rings. The van der Waals surface area contributed by atoms with Gasteiger partial charge in [-0.05, 0) is 76.7 Å². The highest BCUT2D eigenvalue weighted by atomic mass is 19.1. The first kappa shape index (κ1) is 22.3. The Morgan fingerprint density at radius 2 is 1.80 bits per heavy atom. The summed E-state index contributed by atoms with van der Waals surface area (Å²) in [7, 11) is 0. The zero-order valence-electron chi connectivity index (χ0n) is 18.4. The largest absolute Gasteiger partial charge is 0.493 e. The number of likely N-dealkylation sites (tertiary alicyclic amines) is 1. The highest BCUT2D eigenvalue weighted by Gasteiger charge is 2.23. The van der Waals surface area contributed by atoms with Crippen LogP contribution in [0.25, 0.3) is 0 Å². The number of hydrogen-bond donors (Lipinski definition) is 0. The van der Waals surface area contributed by atoms with Crippen LogP contribution in [0.15, 0.2) is 42.5 Å². The molecule has 1 heterocycles. The molecular weight excluding hydrogens is 381 g/mol. The maximum Gasteiger partial charge on any atom is 0.341 e. The van der Waals surface area contributed by atoms with E-state index in [2.05, 4.69) is 29.2 Å². The normalized spacial score (nSPS) is 15.8. The smallest absolute Gasteiger partial charge is 0.341 e. The van der Waals surface area contributed by atoms with Gasteiger partial charge in [0, 0.05) is 12.6 Å². The second-order valence-corrected chi connectivity index (χ2v) is 9.12. The van der Waals surface area contributed by atoms with E-state index in [1.807, 2.05) is 13.0 Å². The molecule has 0 atom stereocenters. The van der Waals surface area contributed by atoms with Crippen LogP contribution in [-0.2, 0) is 11.3 Å². The van der Waals surface area contributed by atoms with E-state index in [4.69, 9.17) is 9.47 Å². The van der Waals surface area contributed by atoms with Gasteiger partial charge in [0.2, 0.25) is 0 Å². The highest BCUT2D eigenvalue weighted by Crippen LogP contribution is 2.26. The minimum absolute atomic E-state index is 0.0519. The first-order chi connectivity index (χ1) is 14.2. The summed E-state index contributed by atoms with van der Waals surface area (Å²) in [5.41, 5.74) is 1.35. The third-order valence-corrected chi connectivity index (χ3v) is 5.31.